The molecule has 6 heteroatoms. The Balaban J connectivity index is 1.41. The minimum absolute atomic E-state index is 0.100. The molecule has 5 nitrogen and oxygen atoms in total. The lowest BCUT2D eigenvalue weighted by molar-refractivity contribution is -0.145. The fraction of sp³-hybridized carbons (Fsp3) is 0.778. The Kier molecular flexibility index (Phi) is 4.52. The molecule has 1 aliphatic carbocycles. The molecule has 0 bridgehead atoms. The van der Waals surface area contributed by atoms with Crippen LogP contribution in [0, 0.1) is 11.3 Å². The third kappa shape index (κ3) is 2.73. The van der Waals surface area contributed by atoms with Gasteiger partial charge in [0, 0.05) is 43.8 Å². The molecule has 24 heavy (non-hydrogen) atoms. The normalized spacial score (nSPS) is 30.5. The number of aryl methyl sites for hydroxylation is 1. The van der Waals surface area contributed by atoms with Crippen LogP contribution in [0.25, 0.3) is 0 Å². The van der Waals surface area contributed by atoms with E-state index in [-0.39, 0.29) is 5.41 Å². The molecule has 3 fully saturated rings. The highest BCUT2D eigenvalue weighted by Gasteiger charge is 2.51. The number of rotatable bonds is 3. The number of thiazole rings is 1. The maximum Gasteiger partial charge on any atom is 0.230 e. The number of nitrogens with zero attached hydrogens (tertiary/aromatic N) is 3. The molecule has 132 valence electrons. The molecule has 1 saturated carbocycles. The van der Waals surface area contributed by atoms with E-state index >= 15 is 0 Å². The molecule has 1 amide bonds. The number of aromatic nitrogens is 1. The lowest BCUT2D eigenvalue weighted by atomic mass is 9.67. The van der Waals surface area contributed by atoms with E-state index in [0.717, 1.165) is 57.2 Å². The van der Waals surface area contributed by atoms with E-state index < -0.39 is 0 Å². The van der Waals surface area contributed by atoms with Crippen LogP contribution in [0.1, 0.15) is 37.5 Å². The quantitative estimate of drug-likeness (QED) is 0.909. The number of nitrogens with one attached hydrogen (secondary N) is 1. The average Bonchev–Trinajstić information content (AvgIpc) is 3.28. The van der Waals surface area contributed by atoms with E-state index in [1.807, 2.05) is 6.20 Å². The van der Waals surface area contributed by atoms with Crippen LogP contribution in [0.2, 0.25) is 0 Å². The van der Waals surface area contributed by atoms with Gasteiger partial charge in [0.25, 0.3) is 0 Å². The second kappa shape index (κ2) is 6.64. The van der Waals surface area contributed by atoms with Crippen molar-refractivity contribution in [2.45, 2.75) is 39.0 Å². The molecule has 1 aromatic heterocycles. The van der Waals surface area contributed by atoms with Gasteiger partial charge < -0.3 is 15.1 Å². The van der Waals surface area contributed by atoms with Crippen LogP contribution in [0.5, 0.6) is 0 Å². The second-order valence-corrected chi connectivity index (χ2v) is 8.57. The van der Waals surface area contributed by atoms with Gasteiger partial charge in [-0.1, -0.05) is 19.8 Å². The molecule has 3 heterocycles. The fourth-order valence-electron chi connectivity index (χ4n) is 4.69. The van der Waals surface area contributed by atoms with E-state index in [9.17, 15) is 4.79 Å². The number of hydrogen-bond acceptors (Lipinski definition) is 5. The molecule has 1 N–H and O–H groups in total. The Morgan fingerprint density at radius 1 is 1.38 bits per heavy atom. The molecule has 2 atom stereocenters. The minimum atomic E-state index is -0.100. The van der Waals surface area contributed by atoms with Crippen molar-refractivity contribution < 1.29 is 4.79 Å². The smallest absolute Gasteiger partial charge is 0.230 e. The van der Waals surface area contributed by atoms with Crippen LogP contribution >= 0.6 is 11.3 Å². The minimum Gasteiger partial charge on any atom is -0.345 e. The molecular formula is C18H28N4OS. The van der Waals surface area contributed by atoms with Crippen molar-refractivity contribution in [3.8, 4) is 0 Å². The number of hydrogen-bond donors (Lipinski definition) is 1. The van der Waals surface area contributed by atoms with Gasteiger partial charge in [0.2, 0.25) is 5.91 Å². The lowest BCUT2D eigenvalue weighted by Crippen LogP contribution is -2.56. The van der Waals surface area contributed by atoms with Gasteiger partial charge in [0.1, 0.15) is 0 Å². The maximum atomic E-state index is 13.3. The summed E-state index contributed by atoms with van der Waals surface area (Å²) in [4.78, 5) is 23.7. The summed E-state index contributed by atoms with van der Waals surface area (Å²) in [5.41, 5.74) is -0.100. The van der Waals surface area contributed by atoms with E-state index in [4.69, 9.17) is 0 Å². The predicted octanol–water partition coefficient (Wildman–Crippen LogP) is 2.13. The highest BCUT2D eigenvalue weighted by molar-refractivity contribution is 7.15. The molecule has 0 radical (unpaired) electrons. The van der Waals surface area contributed by atoms with Gasteiger partial charge in [-0.15, -0.1) is 11.3 Å². The van der Waals surface area contributed by atoms with Crippen molar-refractivity contribution in [3.05, 3.63) is 11.1 Å². The van der Waals surface area contributed by atoms with E-state index in [1.165, 1.54) is 24.1 Å². The Hall–Kier alpha value is -1.14. The molecule has 0 unspecified atom stereocenters. The Morgan fingerprint density at radius 3 is 2.96 bits per heavy atom. The van der Waals surface area contributed by atoms with Gasteiger partial charge in [-0.2, -0.15) is 0 Å². The molecule has 0 spiro atoms. The van der Waals surface area contributed by atoms with Crippen LogP contribution in [0.4, 0.5) is 5.13 Å². The van der Waals surface area contributed by atoms with Gasteiger partial charge in [0.05, 0.1) is 5.41 Å². The van der Waals surface area contributed by atoms with Crippen molar-refractivity contribution in [1.82, 2.24) is 15.2 Å². The van der Waals surface area contributed by atoms with Gasteiger partial charge >= 0.3 is 0 Å². The van der Waals surface area contributed by atoms with Crippen LogP contribution in [-0.2, 0) is 11.2 Å². The first-order valence-electron chi connectivity index (χ1n) is 9.43. The molecule has 2 saturated heterocycles. The summed E-state index contributed by atoms with van der Waals surface area (Å²) in [5, 5.41) is 4.62. The monoisotopic (exact) mass is 348 g/mol. The fourth-order valence-corrected chi connectivity index (χ4v) is 5.59. The number of carbonyl (C=O) groups is 1. The van der Waals surface area contributed by atoms with Crippen molar-refractivity contribution in [2.75, 3.05) is 44.2 Å². The largest absolute Gasteiger partial charge is 0.345 e. The molecule has 4 rings (SSSR count). The second-order valence-electron chi connectivity index (χ2n) is 7.47. The zero-order valence-electron chi connectivity index (χ0n) is 14.6. The van der Waals surface area contributed by atoms with Crippen molar-refractivity contribution in [1.29, 1.82) is 0 Å². The highest BCUT2D eigenvalue weighted by Crippen LogP contribution is 2.45. The Morgan fingerprint density at radius 2 is 2.21 bits per heavy atom. The third-order valence-electron chi connectivity index (χ3n) is 6.19. The summed E-state index contributed by atoms with van der Waals surface area (Å²) in [6.45, 7) is 7.60. The summed E-state index contributed by atoms with van der Waals surface area (Å²) in [6, 6.07) is 0. The van der Waals surface area contributed by atoms with Gasteiger partial charge in [-0.25, -0.2) is 4.98 Å². The van der Waals surface area contributed by atoms with E-state index in [0.29, 0.717) is 11.8 Å². The SMILES string of the molecule is CCc1cnc(N2CCN(C(=O)[C@@]34CCCC[C@H]3CNC4)CC2)s1. The summed E-state index contributed by atoms with van der Waals surface area (Å²) < 4.78 is 0. The standard InChI is InChI=1S/C18H28N4OS/c1-2-15-12-20-17(24-15)22-9-7-21(8-10-22)16(23)18-6-4-3-5-14(18)11-19-13-18/h12,14,19H,2-11,13H2,1H3/t14-,18+/m0/s1. The molecular weight excluding hydrogens is 320 g/mol. The number of fused-ring (bicyclic) bond motifs is 1. The summed E-state index contributed by atoms with van der Waals surface area (Å²) in [5.74, 6) is 0.980. The third-order valence-corrected chi connectivity index (χ3v) is 7.39. The van der Waals surface area contributed by atoms with Crippen molar-refractivity contribution in [2.24, 2.45) is 11.3 Å². The zero-order valence-corrected chi connectivity index (χ0v) is 15.4. The van der Waals surface area contributed by atoms with Crippen LogP contribution in [0.3, 0.4) is 0 Å². The van der Waals surface area contributed by atoms with Gasteiger partial charge in [-0.3, -0.25) is 4.79 Å². The Bertz CT molecular complexity index is 596. The van der Waals surface area contributed by atoms with Crippen LogP contribution < -0.4 is 10.2 Å². The lowest BCUT2D eigenvalue weighted by Gasteiger charge is -2.43. The number of amides is 1. The predicted molar refractivity (Wildman–Crippen MR) is 97.5 cm³/mol. The van der Waals surface area contributed by atoms with E-state index in [1.54, 1.807) is 11.3 Å². The van der Waals surface area contributed by atoms with Gasteiger partial charge in [0.15, 0.2) is 5.13 Å². The number of piperazine rings is 1. The molecule has 2 aliphatic heterocycles. The first kappa shape index (κ1) is 16.3. The maximum absolute atomic E-state index is 13.3. The highest BCUT2D eigenvalue weighted by atomic mass is 32.1. The Labute approximate surface area is 148 Å². The first-order chi connectivity index (χ1) is 11.7. The molecule has 1 aromatic rings. The summed E-state index contributed by atoms with van der Waals surface area (Å²) in [7, 11) is 0. The topological polar surface area (TPSA) is 48.5 Å². The zero-order chi connectivity index (χ0) is 16.6. The number of carbonyl (C=O) groups excluding carboxylic acids is 1. The van der Waals surface area contributed by atoms with Crippen molar-refractivity contribution >= 4 is 22.4 Å². The van der Waals surface area contributed by atoms with Crippen LogP contribution in [0.15, 0.2) is 6.20 Å². The van der Waals surface area contributed by atoms with Gasteiger partial charge in [-0.05, 0) is 31.7 Å². The summed E-state index contributed by atoms with van der Waals surface area (Å²) >= 11 is 1.79. The average molecular weight is 349 g/mol. The summed E-state index contributed by atoms with van der Waals surface area (Å²) in [6.07, 6.45) is 7.84. The molecule has 3 aliphatic rings. The van der Waals surface area contributed by atoms with E-state index in [2.05, 4.69) is 27.0 Å². The molecule has 0 aromatic carbocycles. The van der Waals surface area contributed by atoms with Crippen molar-refractivity contribution in [3.63, 3.8) is 0 Å². The first-order valence-corrected chi connectivity index (χ1v) is 10.2. The number of anilines is 1. The van der Waals surface area contributed by atoms with Crippen LogP contribution in [-0.4, -0.2) is 55.1 Å².